The van der Waals surface area contributed by atoms with E-state index in [1.807, 2.05) is 13.1 Å². The van der Waals surface area contributed by atoms with Gasteiger partial charge in [-0.2, -0.15) is 0 Å². The van der Waals surface area contributed by atoms with Crippen LogP contribution in [0.15, 0.2) is 42.5 Å². The first-order chi connectivity index (χ1) is 9.76. The number of likely N-dealkylation sites (N-methyl/N-ethyl adjacent to an activating group) is 1. The van der Waals surface area contributed by atoms with E-state index in [0.717, 1.165) is 11.6 Å². The Kier molecular flexibility index (Phi) is 2.70. The fraction of sp³-hybridized carbons (Fsp3) is 0.333. The van der Waals surface area contributed by atoms with Gasteiger partial charge in [-0.05, 0) is 54.3 Å². The number of hydrogen-bond acceptors (Lipinski definition) is 1. The molecular weight excluding hydrogens is 266 g/mol. The molecule has 0 radical (unpaired) electrons. The highest BCUT2D eigenvalue weighted by atomic mass is 35.5. The van der Waals surface area contributed by atoms with Crippen LogP contribution in [0.4, 0.5) is 0 Å². The van der Waals surface area contributed by atoms with Crippen LogP contribution in [-0.2, 0) is 5.41 Å². The standard InChI is InChI=1S/C18H18ClN/c1-20-11-18-9-8-13(14-4-2-3-5-16(14)18)15-7-6-12(19)10-17(15)18/h2-7,10,13,20H,8-9,11H2,1H3. The molecule has 0 saturated heterocycles. The van der Waals surface area contributed by atoms with Crippen molar-refractivity contribution in [2.45, 2.75) is 24.2 Å². The largest absolute Gasteiger partial charge is 0.319 e. The highest BCUT2D eigenvalue weighted by molar-refractivity contribution is 6.30. The Labute approximate surface area is 125 Å². The van der Waals surface area contributed by atoms with Crippen LogP contribution in [0, 0.1) is 0 Å². The van der Waals surface area contributed by atoms with Gasteiger partial charge in [0.15, 0.2) is 0 Å². The minimum Gasteiger partial charge on any atom is -0.319 e. The van der Waals surface area contributed by atoms with Crippen molar-refractivity contribution in [1.29, 1.82) is 0 Å². The lowest BCUT2D eigenvalue weighted by Crippen LogP contribution is -2.46. The van der Waals surface area contributed by atoms with Crippen LogP contribution in [0.2, 0.25) is 5.02 Å². The Morgan fingerprint density at radius 3 is 2.80 bits per heavy atom. The van der Waals surface area contributed by atoms with E-state index < -0.39 is 0 Å². The second-order valence-electron chi connectivity index (χ2n) is 6.02. The van der Waals surface area contributed by atoms with Crippen LogP contribution in [0.3, 0.4) is 0 Å². The summed E-state index contributed by atoms with van der Waals surface area (Å²) in [7, 11) is 2.04. The van der Waals surface area contributed by atoms with Crippen molar-refractivity contribution in [2.24, 2.45) is 0 Å². The van der Waals surface area contributed by atoms with Crippen molar-refractivity contribution in [1.82, 2.24) is 5.32 Å². The first-order valence-electron chi connectivity index (χ1n) is 7.30. The molecule has 1 N–H and O–H groups in total. The predicted molar refractivity (Wildman–Crippen MR) is 83.7 cm³/mol. The Bertz CT molecular complexity index is 679. The molecule has 0 saturated carbocycles. The van der Waals surface area contributed by atoms with Crippen LogP contribution in [0.1, 0.15) is 41.0 Å². The second-order valence-corrected chi connectivity index (χ2v) is 6.46. The molecular formula is C18H18ClN. The van der Waals surface area contributed by atoms with Gasteiger partial charge in [-0.1, -0.05) is 41.9 Å². The quantitative estimate of drug-likeness (QED) is 0.875. The fourth-order valence-electron chi connectivity index (χ4n) is 4.35. The molecule has 0 heterocycles. The van der Waals surface area contributed by atoms with E-state index in [-0.39, 0.29) is 5.41 Å². The molecule has 102 valence electrons. The lowest BCUT2D eigenvalue weighted by Gasteiger charge is -2.49. The zero-order valence-corrected chi connectivity index (χ0v) is 12.4. The molecule has 2 aromatic rings. The van der Waals surface area contributed by atoms with Gasteiger partial charge in [0.05, 0.1) is 0 Å². The first-order valence-corrected chi connectivity index (χ1v) is 7.68. The third kappa shape index (κ3) is 1.48. The highest BCUT2D eigenvalue weighted by Crippen LogP contribution is 2.56. The average molecular weight is 284 g/mol. The molecule has 0 spiro atoms. The molecule has 0 aliphatic heterocycles. The van der Waals surface area contributed by atoms with Gasteiger partial charge in [0.25, 0.3) is 0 Å². The van der Waals surface area contributed by atoms with E-state index in [1.165, 1.54) is 35.1 Å². The number of nitrogens with one attached hydrogen (secondary N) is 1. The topological polar surface area (TPSA) is 12.0 Å². The molecule has 2 aromatic carbocycles. The Balaban J connectivity index is 2.04. The lowest BCUT2D eigenvalue weighted by molar-refractivity contribution is 0.362. The summed E-state index contributed by atoms with van der Waals surface area (Å²) in [5, 5.41) is 4.26. The Morgan fingerprint density at radius 2 is 1.95 bits per heavy atom. The van der Waals surface area contributed by atoms with E-state index in [2.05, 4.69) is 41.7 Å². The maximum atomic E-state index is 6.28. The van der Waals surface area contributed by atoms with E-state index in [4.69, 9.17) is 11.6 Å². The normalized spacial score (nSPS) is 26.2. The number of halogens is 1. The van der Waals surface area contributed by atoms with Crippen LogP contribution < -0.4 is 5.32 Å². The zero-order chi connectivity index (χ0) is 13.7. The van der Waals surface area contributed by atoms with Crippen molar-refractivity contribution in [3.8, 4) is 0 Å². The van der Waals surface area contributed by atoms with E-state index in [9.17, 15) is 0 Å². The molecule has 0 amide bonds. The average Bonchev–Trinajstić information content (AvgIpc) is 2.48. The Morgan fingerprint density at radius 1 is 1.15 bits per heavy atom. The minimum absolute atomic E-state index is 0.0975. The van der Waals surface area contributed by atoms with Crippen LogP contribution in [-0.4, -0.2) is 13.6 Å². The molecule has 2 bridgehead atoms. The molecule has 0 aromatic heterocycles. The van der Waals surface area contributed by atoms with Crippen molar-refractivity contribution in [3.05, 3.63) is 69.7 Å². The van der Waals surface area contributed by atoms with Gasteiger partial charge in [0.2, 0.25) is 0 Å². The predicted octanol–water partition coefficient (Wildman–Crippen LogP) is 4.08. The van der Waals surface area contributed by atoms with E-state index >= 15 is 0 Å². The van der Waals surface area contributed by atoms with Gasteiger partial charge in [-0.3, -0.25) is 0 Å². The summed E-state index contributed by atoms with van der Waals surface area (Å²) in [6.45, 7) is 0.976. The van der Waals surface area contributed by atoms with Crippen molar-refractivity contribution in [2.75, 3.05) is 13.6 Å². The van der Waals surface area contributed by atoms with Gasteiger partial charge in [-0.25, -0.2) is 0 Å². The highest BCUT2D eigenvalue weighted by Gasteiger charge is 2.47. The molecule has 1 nitrogen and oxygen atoms in total. The minimum atomic E-state index is 0.0975. The first kappa shape index (κ1) is 12.4. The van der Waals surface area contributed by atoms with Crippen LogP contribution in [0.25, 0.3) is 0 Å². The summed E-state index contributed by atoms with van der Waals surface area (Å²) in [5.41, 5.74) is 6.04. The second kappa shape index (κ2) is 4.34. The van der Waals surface area contributed by atoms with Gasteiger partial charge < -0.3 is 5.32 Å². The monoisotopic (exact) mass is 283 g/mol. The molecule has 5 rings (SSSR count). The molecule has 3 aliphatic rings. The number of benzene rings is 2. The van der Waals surface area contributed by atoms with Crippen molar-refractivity contribution < 1.29 is 0 Å². The molecule has 20 heavy (non-hydrogen) atoms. The summed E-state index contributed by atoms with van der Waals surface area (Å²) in [6, 6.07) is 15.4. The summed E-state index contributed by atoms with van der Waals surface area (Å²) in [5.74, 6) is 0.553. The summed E-state index contributed by atoms with van der Waals surface area (Å²) >= 11 is 6.28. The summed E-state index contributed by atoms with van der Waals surface area (Å²) in [6.07, 6.45) is 2.45. The Hall–Kier alpha value is -1.31. The number of rotatable bonds is 2. The van der Waals surface area contributed by atoms with Gasteiger partial charge in [-0.15, -0.1) is 0 Å². The van der Waals surface area contributed by atoms with Gasteiger partial charge in [0, 0.05) is 22.9 Å². The lowest BCUT2D eigenvalue weighted by atomic mass is 9.55. The fourth-order valence-corrected chi connectivity index (χ4v) is 4.52. The van der Waals surface area contributed by atoms with Gasteiger partial charge >= 0.3 is 0 Å². The third-order valence-electron chi connectivity index (χ3n) is 5.10. The van der Waals surface area contributed by atoms with Crippen molar-refractivity contribution >= 4 is 11.6 Å². The van der Waals surface area contributed by atoms with Crippen LogP contribution in [0.5, 0.6) is 0 Å². The summed E-state index contributed by atoms with van der Waals surface area (Å²) in [4.78, 5) is 0. The molecule has 2 unspecified atom stereocenters. The molecule has 2 atom stereocenters. The summed E-state index contributed by atoms with van der Waals surface area (Å²) < 4.78 is 0. The molecule has 2 heteroatoms. The van der Waals surface area contributed by atoms with Gasteiger partial charge in [0.1, 0.15) is 0 Å². The van der Waals surface area contributed by atoms with Crippen LogP contribution >= 0.6 is 11.6 Å². The molecule has 0 fully saturated rings. The maximum Gasteiger partial charge on any atom is 0.0409 e. The third-order valence-corrected chi connectivity index (χ3v) is 5.33. The van der Waals surface area contributed by atoms with Crippen molar-refractivity contribution in [3.63, 3.8) is 0 Å². The smallest absolute Gasteiger partial charge is 0.0409 e. The molecule has 3 aliphatic carbocycles. The SMILES string of the molecule is CNCC12CCC(c3ccccc31)c1ccc(Cl)cc12. The van der Waals surface area contributed by atoms with E-state index in [0.29, 0.717) is 5.92 Å². The number of fused-ring (bicyclic) bond motifs is 1. The van der Waals surface area contributed by atoms with E-state index in [1.54, 1.807) is 0 Å². The zero-order valence-electron chi connectivity index (χ0n) is 11.6. The maximum absolute atomic E-state index is 6.28. The number of hydrogen-bond donors (Lipinski definition) is 1.